The largest absolute Gasteiger partial charge is 0.417 e. The Morgan fingerprint density at radius 1 is 1.32 bits per heavy atom. The molecule has 11 heteroatoms. The maximum atomic E-state index is 12.8. The average Bonchev–Trinajstić information content (AvgIpc) is 2.24. The number of sulfonamides is 1. The van der Waals surface area contributed by atoms with E-state index in [1.165, 1.54) is 0 Å². The third kappa shape index (κ3) is 3.16. The Morgan fingerprint density at radius 2 is 1.84 bits per heavy atom. The zero-order valence-electron chi connectivity index (χ0n) is 9.08. The van der Waals surface area contributed by atoms with Gasteiger partial charge in [-0.15, -0.1) is 0 Å². The van der Waals surface area contributed by atoms with Crippen molar-refractivity contribution in [2.45, 2.75) is 24.2 Å². The van der Waals surface area contributed by atoms with Crippen molar-refractivity contribution in [3.8, 4) is 0 Å². The predicted octanol–water partition coefficient (Wildman–Crippen LogP) is 1.14. The number of alkyl halides is 5. The molecule has 0 amide bonds. The second-order valence-corrected chi connectivity index (χ2v) is 4.90. The molecule has 4 N–H and O–H groups in total. The Balaban J connectivity index is 3.81. The fourth-order valence-electron chi connectivity index (χ4n) is 1.49. The lowest BCUT2D eigenvalue weighted by Gasteiger charge is -2.17. The van der Waals surface area contributed by atoms with Crippen molar-refractivity contribution in [1.29, 1.82) is 0 Å². The van der Waals surface area contributed by atoms with Gasteiger partial charge in [-0.1, -0.05) is 0 Å². The molecular weight excluding hydrogens is 297 g/mol. The van der Waals surface area contributed by atoms with Crippen LogP contribution in [0.25, 0.3) is 0 Å². The lowest BCUT2D eigenvalue weighted by atomic mass is 10.0. The molecule has 0 bridgehead atoms. The summed E-state index contributed by atoms with van der Waals surface area (Å²) in [5.74, 6) is 0. The molecule has 19 heavy (non-hydrogen) atoms. The van der Waals surface area contributed by atoms with Gasteiger partial charge in [-0.3, -0.25) is 0 Å². The number of pyridine rings is 1. The summed E-state index contributed by atoms with van der Waals surface area (Å²) in [6, 6.07) is 0. The fourth-order valence-corrected chi connectivity index (χ4v) is 2.22. The summed E-state index contributed by atoms with van der Waals surface area (Å²) in [5, 5.41) is 3.51. The Hall–Kier alpha value is -1.33. The minimum Gasteiger partial charge on any atom is -0.326 e. The highest BCUT2D eigenvalue weighted by Crippen LogP contribution is 2.39. The van der Waals surface area contributed by atoms with E-state index in [4.69, 9.17) is 5.73 Å². The van der Waals surface area contributed by atoms with E-state index in [1.54, 1.807) is 0 Å². The van der Waals surface area contributed by atoms with Crippen LogP contribution in [0.5, 0.6) is 0 Å². The molecule has 1 aromatic rings. The van der Waals surface area contributed by atoms with Gasteiger partial charge in [0.2, 0.25) is 0 Å². The van der Waals surface area contributed by atoms with Crippen LogP contribution in [0.1, 0.15) is 23.1 Å². The van der Waals surface area contributed by atoms with Crippen molar-refractivity contribution in [1.82, 2.24) is 4.98 Å². The molecule has 0 fully saturated rings. The molecule has 0 atom stereocenters. The van der Waals surface area contributed by atoms with Crippen LogP contribution in [0, 0.1) is 0 Å². The highest BCUT2D eigenvalue weighted by Gasteiger charge is 2.40. The molecule has 0 aliphatic carbocycles. The van der Waals surface area contributed by atoms with Crippen molar-refractivity contribution in [2.24, 2.45) is 10.9 Å². The van der Waals surface area contributed by atoms with E-state index in [0.717, 1.165) is 0 Å². The number of rotatable bonds is 3. The van der Waals surface area contributed by atoms with E-state index in [-0.39, 0.29) is 6.20 Å². The van der Waals surface area contributed by atoms with Crippen LogP contribution in [0.3, 0.4) is 0 Å². The van der Waals surface area contributed by atoms with Crippen LogP contribution in [-0.4, -0.2) is 13.4 Å². The summed E-state index contributed by atoms with van der Waals surface area (Å²) in [5.41, 5.74) is 0.673. The van der Waals surface area contributed by atoms with Crippen LogP contribution < -0.4 is 10.9 Å². The summed E-state index contributed by atoms with van der Waals surface area (Å²) in [7, 11) is -4.61. The molecule has 0 radical (unpaired) electrons. The van der Waals surface area contributed by atoms with Crippen LogP contribution >= 0.6 is 0 Å². The van der Waals surface area contributed by atoms with E-state index < -0.39 is 50.9 Å². The van der Waals surface area contributed by atoms with E-state index in [1.807, 2.05) is 0 Å². The van der Waals surface area contributed by atoms with Crippen molar-refractivity contribution in [2.75, 3.05) is 0 Å². The normalized spacial score (nSPS) is 13.1. The Bertz CT molecular complexity index is 585. The smallest absolute Gasteiger partial charge is 0.326 e. The first-order chi connectivity index (χ1) is 8.50. The average molecular weight is 305 g/mol. The van der Waals surface area contributed by atoms with Crippen LogP contribution in [0.2, 0.25) is 0 Å². The highest BCUT2D eigenvalue weighted by atomic mass is 32.2. The third-order valence-electron chi connectivity index (χ3n) is 2.16. The SMILES string of the molecule is NCc1c(S(N)(=O)=O)ncc(C(F)F)c1C(F)(F)F. The number of primary sulfonamides is 1. The lowest BCUT2D eigenvalue weighted by Crippen LogP contribution is -2.23. The first kappa shape index (κ1) is 15.7. The molecule has 0 unspecified atom stereocenters. The van der Waals surface area contributed by atoms with Gasteiger partial charge < -0.3 is 5.73 Å². The second kappa shape index (κ2) is 4.98. The zero-order valence-corrected chi connectivity index (χ0v) is 9.89. The van der Waals surface area contributed by atoms with Gasteiger partial charge in [0, 0.05) is 23.9 Å². The first-order valence-electron chi connectivity index (χ1n) is 4.60. The van der Waals surface area contributed by atoms with E-state index in [0.29, 0.717) is 0 Å². The fraction of sp³-hybridized carbons (Fsp3) is 0.375. The Labute approximate surface area is 104 Å². The van der Waals surface area contributed by atoms with Crippen molar-refractivity contribution < 1.29 is 30.4 Å². The number of hydrogen-bond acceptors (Lipinski definition) is 4. The standard InChI is InChI=1S/C8H8F5N3O2S/c9-6(10)4-2-16-7(19(15,17)18)3(1-14)5(4)8(11,12)13/h2,6H,1,14H2,(H2,15,17,18). The van der Waals surface area contributed by atoms with Crippen molar-refractivity contribution in [3.05, 3.63) is 22.9 Å². The minimum absolute atomic E-state index is 0.131. The summed E-state index contributed by atoms with van der Waals surface area (Å²) in [6.45, 7) is -0.950. The van der Waals surface area contributed by atoms with Gasteiger partial charge in [-0.05, 0) is 0 Å². The van der Waals surface area contributed by atoms with E-state index in [9.17, 15) is 30.4 Å². The molecule has 1 aromatic heterocycles. The highest BCUT2D eigenvalue weighted by molar-refractivity contribution is 7.89. The summed E-state index contributed by atoms with van der Waals surface area (Å²) < 4.78 is 85.6. The summed E-state index contributed by atoms with van der Waals surface area (Å²) >= 11 is 0. The summed E-state index contributed by atoms with van der Waals surface area (Å²) in [4.78, 5) is 3.04. The number of halogens is 5. The molecule has 5 nitrogen and oxygen atoms in total. The van der Waals surface area contributed by atoms with E-state index >= 15 is 0 Å². The monoisotopic (exact) mass is 305 g/mol. The lowest BCUT2D eigenvalue weighted by molar-refractivity contribution is -0.140. The number of nitrogens with zero attached hydrogens (tertiary/aromatic N) is 1. The van der Waals surface area contributed by atoms with Crippen LogP contribution in [0.4, 0.5) is 22.0 Å². The topological polar surface area (TPSA) is 99.1 Å². The maximum absolute atomic E-state index is 12.8. The van der Waals surface area contributed by atoms with Gasteiger partial charge >= 0.3 is 6.18 Å². The van der Waals surface area contributed by atoms with Gasteiger partial charge in [-0.2, -0.15) is 13.2 Å². The molecule has 0 spiro atoms. The molecule has 0 aliphatic heterocycles. The molecule has 0 saturated carbocycles. The molecular formula is C8H8F5N3O2S. The molecule has 108 valence electrons. The molecule has 0 aromatic carbocycles. The molecule has 1 heterocycles. The van der Waals surface area contributed by atoms with Gasteiger partial charge in [-0.25, -0.2) is 27.3 Å². The van der Waals surface area contributed by atoms with Gasteiger partial charge in [0.05, 0.1) is 5.56 Å². The number of hydrogen-bond donors (Lipinski definition) is 2. The van der Waals surface area contributed by atoms with Crippen LogP contribution in [-0.2, 0) is 22.7 Å². The quantitative estimate of drug-likeness (QED) is 0.818. The first-order valence-corrected chi connectivity index (χ1v) is 6.14. The van der Waals surface area contributed by atoms with Gasteiger partial charge in [0.1, 0.15) is 0 Å². The molecule has 1 rings (SSSR count). The second-order valence-electron chi connectivity index (χ2n) is 3.42. The number of nitrogens with two attached hydrogens (primary N) is 2. The van der Waals surface area contributed by atoms with Gasteiger partial charge in [0.25, 0.3) is 16.4 Å². The predicted molar refractivity (Wildman–Crippen MR) is 53.5 cm³/mol. The van der Waals surface area contributed by atoms with Gasteiger partial charge in [0.15, 0.2) is 5.03 Å². The van der Waals surface area contributed by atoms with Crippen LogP contribution in [0.15, 0.2) is 11.2 Å². The zero-order chi connectivity index (χ0) is 15.0. The number of aromatic nitrogens is 1. The van der Waals surface area contributed by atoms with E-state index in [2.05, 4.69) is 10.1 Å². The van der Waals surface area contributed by atoms with Crippen molar-refractivity contribution in [3.63, 3.8) is 0 Å². The van der Waals surface area contributed by atoms with Crippen molar-refractivity contribution >= 4 is 10.0 Å². The third-order valence-corrected chi connectivity index (χ3v) is 3.05. The Kier molecular flexibility index (Phi) is 4.12. The maximum Gasteiger partial charge on any atom is 0.417 e. The Morgan fingerprint density at radius 3 is 2.16 bits per heavy atom. The summed E-state index contributed by atoms with van der Waals surface area (Å²) in [6.07, 6.45) is -8.56. The molecule has 0 saturated heterocycles. The molecule has 0 aliphatic rings. The minimum atomic E-state index is -5.21.